The molecule has 0 unspecified atom stereocenters. The zero-order valence-electron chi connectivity index (χ0n) is 10.4. The van der Waals surface area contributed by atoms with Crippen molar-refractivity contribution in [3.63, 3.8) is 0 Å². The number of benzene rings is 1. The molecule has 1 rings (SSSR count). The van der Waals surface area contributed by atoms with Crippen molar-refractivity contribution < 1.29 is 26.8 Å². The Kier molecular flexibility index (Phi) is 7.34. The summed E-state index contributed by atoms with van der Waals surface area (Å²) in [4.78, 5) is 12.4. The van der Waals surface area contributed by atoms with E-state index in [1.54, 1.807) is 0 Å². The maximum absolute atomic E-state index is 10.9. The molecule has 0 aromatic heterocycles. The summed E-state index contributed by atoms with van der Waals surface area (Å²) in [5, 5.41) is 2.40. The summed E-state index contributed by atoms with van der Waals surface area (Å²) < 4.78 is 4.99. The lowest BCUT2D eigenvalue weighted by atomic mass is 10.1. The third-order valence-electron chi connectivity index (χ3n) is 2.25. The predicted molar refractivity (Wildman–Crippen MR) is 62.9 cm³/mol. The van der Waals surface area contributed by atoms with Crippen LogP contribution in [0.1, 0.15) is 5.56 Å². The monoisotopic (exact) mass is 258 g/mol. The van der Waals surface area contributed by atoms with Gasteiger partial charge in [0.25, 0.3) is 0 Å². The standard InChI is InChI=1S/C12H18N2O2.ClH/c1-13-12(15)16-11-6-4-10(5-7-11)8-9-14(2)3;/h4-7H,8-9H2,1-3H3,(H,13,15);1H. The fraction of sp³-hybridized carbons (Fsp3) is 0.417. The molecule has 17 heavy (non-hydrogen) atoms. The third-order valence-corrected chi connectivity index (χ3v) is 2.25. The van der Waals surface area contributed by atoms with E-state index in [2.05, 4.69) is 19.4 Å². The van der Waals surface area contributed by atoms with E-state index in [-0.39, 0.29) is 12.4 Å². The number of carbonyl (C=O) groups excluding carboxylic acids is 1. The van der Waals surface area contributed by atoms with Crippen LogP contribution in [-0.2, 0) is 6.42 Å². The van der Waals surface area contributed by atoms with Gasteiger partial charge in [-0.25, -0.2) is 4.79 Å². The number of likely N-dealkylation sites (N-methyl/N-ethyl adjacent to an activating group) is 1. The number of nitrogens with one attached hydrogen (secondary N) is 2. The van der Waals surface area contributed by atoms with E-state index in [1.807, 2.05) is 24.3 Å². The molecule has 1 aromatic carbocycles. The Morgan fingerprint density at radius 1 is 1.29 bits per heavy atom. The Morgan fingerprint density at radius 3 is 2.35 bits per heavy atom. The Hall–Kier alpha value is -1.26. The molecule has 0 atom stereocenters. The Labute approximate surface area is 108 Å². The van der Waals surface area contributed by atoms with Crippen molar-refractivity contribution in [2.24, 2.45) is 0 Å². The number of hydrogen-bond donors (Lipinski definition) is 2. The maximum Gasteiger partial charge on any atom is 0.412 e. The molecule has 0 saturated carbocycles. The molecule has 1 aromatic rings. The summed E-state index contributed by atoms with van der Waals surface area (Å²) in [5.74, 6) is 0.570. The molecule has 0 saturated heterocycles. The fourth-order valence-electron chi connectivity index (χ4n) is 1.28. The predicted octanol–water partition coefficient (Wildman–Crippen LogP) is -2.90. The molecule has 2 N–H and O–H groups in total. The molecule has 0 radical (unpaired) electrons. The van der Waals surface area contributed by atoms with Gasteiger partial charge in [0.05, 0.1) is 20.6 Å². The van der Waals surface area contributed by atoms with Gasteiger partial charge in [0.2, 0.25) is 0 Å². The largest absolute Gasteiger partial charge is 1.00 e. The molecule has 0 bridgehead atoms. The van der Waals surface area contributed by atoms with Crippen LogP contribution in [0.4, 0.5) is 4.79 Å². The zero-order chi connectivity index (χ0) is 12.0. The SMILES string of the molecule is CNC(=O)Oc1ccc(CC[NH+](C)C)cc1.[Cl-]. The van der Waals surface area contributed by atoms with E-state index in [9.17, 15) is 4.79 Å². The van der Waals surface area contributed by atoms with Crippen LogP contribution in [0.2, 0.25) is 0 Å². The van der Waals surface area contributed by atoms with Gasteiger partial charge in [-0.05, 0) is 17.7 Å². The van der Waals surface area contributed by atoms with Crippen molar-refractivity contribution in [1.82, 2.24) is 5.32 Å². The molecule has 0 spiro atoms. The van der Waals surface area contributed by atoms with Gasteiger partial charge < -0.3 is 27.4 Å². The normalized spacial score (nSPS) is 9.65. The van der Waals surface area contributed by atoms with Crippen LogP contribution in [0.5, 0.6) is 5.75 Å². The molecule has 0 heterocycles. The van der Waals surface area contributed by atoms with Crippen molar-refractivity contribution in [2.45, 2.75) is 6.42 Å². The van der Waals surface area contributed by atoms with Gasteiger partial charge in [0, 0.05) is 13.5 Å². The molecule has 4 nitrogen and oxygen atoms in total. The minimum absolute atomic E-state index is 0. The quantitative estimate of drug-likeness (QED) is 0.609. The number of carbonyl (C=O) groups is 1. The first kappa shape index (κ1) is 15.7. The first-order chi connectivity index (χ1) is 7.61. The average molecular weight is 259 g/mol. The topological polar surface area (TPSA) is 42.8 Å². The van der Waals surface area contributed by atoms with Crippen LogP contribution >= 0.6 is 0 Å². The van der Waals surface area contributed by atoms with E-state index in [0.717, 1.165) is 13.0 Å². The molecule has 0 aliphatic heterocycles. The lowest BCUT2D eigenvalue weighted by molar-refractivity contribution is -0.858. The molecular formula is C12H19ClN2O2. The fourth-order valence-corrected chi connectivity index (χ4v) is 1.28. The molecule has 0 aliphatic rings. The highest BCUT2D eigenvalue weighted by atomic mass is 35.5. The number of halogens is 1. The third kappa shape index (κ3) is 6.14. The van der Waals surface area contributed by atoms with Gasteiger partial charge in [-0.15, -0.1) is 0 Å². The number of quaternary nitrogens is 1. The summed E-state index contributed by atoms with van der Waals surface area (Å²) in [6, 6.07) is 7.60. The molecule has 5 heteroatoms. The number of ether oxygens (including phenoxy) is 1. The van der Waals surface area contributed by atoms with Crippen molar-refractivity contribution in [2.75, 3.05) is 27.7 Å². The summed E-state index contributed by atoms with van der Waals surface area (Å²) in [6.07, 6.45) is 0.591. The Morgan fingerprint density at radius 2 is 1.88 bits per heavy atom. The number of rotatable bonds is 4. The van der Waals surface area contributed by atoms with Gasteiger partial charge in [0.15, 0.2) is 0 Å². The highest BCUT2D eigenvalue weighted by Crippen LogP contribution is 2.12. The Balaban J connectivity index is 0.00000256. The van der Waals surface area contributed by atoms with Crippen LogP contribution in [0, 0.1) is 0 Å². The van der Waals surface area contributed by atoms with E-state index in [1.165, 1.54) is 17.5 Å². The van der Waals surface area contributed by atoms with Crippen molar-refractivity contribution in [1.29, 1.82) is 0 Å². The second-order valence-corrected chi connectivity index (χ2v) is 3.99. The maximum atomic E-state index is 10.9. The lowest BCUT2D eigenvalue weighted by Crippen LogP contribution is -3.05. The van der Waals surface area contributed by atoms with Crippen molar-refractivity contribution in [3.8, 4) is 5.75 Å². The lowest BCUT2D eigenvalue weighted by Gasteiger charge is -2.07. The first-order valence-corrected chi connectivity index (χ1v) is 5.39. The van der Waals surface area contributed by atoms with Crippen LogP contribution in [-0.4, -0.2) is 33.8 Å². The second-order valence-electron chi connectivity index (χ2n) is 3.99. The van der Waals surface area contributed by atoms with E-state index in [4.69, 9.17) is 4.74 Å². The number of amides is 1. The minimum Gasteiger partial charge on any atom is -1.00 e. The van der Waals surface area contributed by atoms with Gasteiger partial charge in [-0.2, -0.15) is 0 Å². The second kappa shape index (κ2) is 7.92. The summed E-state index contributed by atoms with van der Waals surface area (Å²) >= 11 is 0. The van der Waals surface area contributed by atoms with E-state index >= 15 is 0 Å². The smallest absolute Gasteiger partial charge is 0.412 e. The van der Waals surface area contributed by atoms with Gasteiger partial charge in [0.1, 0.15) is 5.75 Å². The first-order valence-electron chi connectivity index (χ1n) is 5.39. The van der Waals surface area contributed by atoms with Crippen molar-refractivity contribution >= 4 is 6.09 Å². The zero-order valence-corrected chi connectivity index (χ0v) is 11.2. The molecule has 0 fully saturated rings. The van der Waals surface area contributed by atoms with Crippen LogP contribution in [0.15, 0.2) is 24.3 Å². The molecular weight excluding hydrogens is 240 g/mol. The molecule has 0 aliphatic carbocycles. The van der Waals surface area contributed by atoms with Crippen LogP contribution < -0.4 is 27.4 Å². The van der Waals surface area contributed by atoms with Gasteiger partial charge in [-0.1, -0.05) is 12.1 Å². The van der Waals surface area contributed by atoms with Gasteiger partial charge in [-0.3, -0.25) is 0 Å². The minimum atomic E-state index is -0.439. The average Bonchev–Trinajstić information content (AvgIpc) is 2.28. The summed E-state index contributed by atoms with van der Waals surface area (Å²) in [5.41, 5.74) is 1.26. The van der Waals surface area contributed by atoms with Gasteiger partial charge >= 0.3 is 6.09 Å². The number of hydrogen-bond acceptors (Lipinski definition) is 2. The van der Waals surface area contributed by atoms with E-state index < -0.39 is 6.09 Å². The van der Waals surface area contributed by atoms with Crippen LogP contribution in [0.3, 0.4) is 0 Å². The highest BCUT2D eigenvalue weighted by molar-refractivity contribution is 5.69. The van der Waals surface area contributed by atoms with E-state index in [0.29, 0.717) is 5.75 Å². The molecule has 1 amide bonds. The molecule has 96 valence electrons. The van der Waals surface area contributed by atoms with Crippen molar-refractivity contribution in [3.05, 3.63) is 29.8 Å². The van der Waals surface area contributed by atoms with Crippen LogP contribution in [0.25, 0.3) is 0 Å². The highest BCUT2D eigenvalue weighted by Gasteiger charge is 2.02. The summed E-state index contributed by atoms with van der Waals surface area (Å²) in [7, 11) is 5.79. The Bertz CT molecular complexity index is 339. The summed E-state index contributed by atoms with van der Waals surface area (Å²) in [6.45, 7) is 1.09.